The molecule has 3 rings (SSSR count). The van der Waals surface area contributed by atoms with Crippen molar-refractivity contribution >= 4 is 0 Å². The SMILES string of the molecule is Cc1ccc(C(Cc2ccc(O)cc2O)CC2CCCN2)cc1. The number of phenolic OH excluding ortho intramolecular Hbond substituents is 2. The average Bonchev–Trinajstić information content (AvgIpc) is 3.03. The second kappa shape index (κ2) is 7.05. The topological polar surface area (TPSA) is 52.5 Å². The van der Waals surface area contributed by atoms with Crippen LogP contribution in [0.5, 0.6) is 11.5 Å². The predicted octanol–water partition coefficient (Wildman–Crippen LogP) is 3.87. The molecular formula is C20H25NO2. The molecule has 122 valence electrons. The van der Waals surface area contributed by atoms with E-state index in [-0.39, 0.29) is 11.5 Å². The maximum atomic E-state index is 10.1. The lowest BCUT2D eigenvalue weighted by molar-refractivity contribution is 0.438. The molecule has 23 heavy (non-hydrogen) atoms. The Labute approximate surface area is 138 Å². The molecule has 2 aromatic carbocycles. The van der Waals surface area contributed by atoms with E-state index in [2.05, 4.69) is 36.5 Å². The number of hydrogen-bond donors (Lipinski definition) is 3. The lowest BCUT2D eigenvalue weighted by atomic mass is 9.85. The molecule has 1 fully saturated rings. The van der Waals surface area contributed by atoms with Gasteiger partial charge >= 0.3 is 0 Å². The first-order valence-electron chi connectivity index (χ1n) is 8.42. The Morgan fingerprint density at radius 2 is 1.91 bits per heavy atom. The fraction of sp³-hybridized carbons (Fsp3) is 0.400. The Morgan fingerprint density at radius 3 is 2.57 bits per heavy atom. The monoisotopic (exact) mass is 311 g/mol. The first kappa shape index (κ1) is 15.9. The lowest BCUT2D eigenvalue weighted by Crippen LogP contribution is -2.24. The molecule has 0 aliphatic carbocycles. The van der Waals surface area contributed by atoms with Crippen LogP contribution in [-0.4, -0.2) is 22.8 Å². The van der Waals surface area contributed by atoms with E-state index in [9.17, 15) is 10.2 Å². The van der Waals surface area contributed by atoms with Gasteiger partial charge < -0.3 is 15.5 Å². The zero-order chi connectivity index (χ0) is 16.2. The molecule has 1 heterocycles. The van der Waals surface area contributed by atoms with Crippen molar-refractivity contribution < 1.29 is 10.2 Å². The first-order valence-corrected chi connectivity index (χ1v) is 8.42. The van der Waals surface area contributed by atoms with Crippen LogP contribution in [0.15, 0.2) is 42.5 Å². The third-order valence-corrected chi connectivity index (χ3v) is 4.82. The van der Waals surface area contributed by atoms with E-state index >= 15 is 0 Å². The Kier molecular flexibility index (Phi) is 4.87. The van der Waals surface area contributed by atoms with Crippen molar-refractivity contribution in [3.8, 4) is 11.5 Å². The quantitative estimate of drug-likeness (QED) is 0.785. The first-order chi connectivity index (χ1) is 11.1. The maximum absolute atomic E-state index is 10.1. The van der Waals surface area contributed by atoms with Gasteiger partial charge in [0.05, 0.1) is 0 Å². The van der Waals surface area contributed by atoms with Gasteiger partial charge in [-0.3, -0.25) is 0 Å². The molecule has 0 spiro atoms. The van der Waals surface area contributed by atoms with E-state index in [0.717, 1.165) is 24.9 Å². The molecule has 0 amide bonds. The van der Waals surface area contributed by atoms with Crippen molar-refractivity contribution in [3.05, 3.63) is 59.2 Å². The molecule has 0 bridgehead atoms. The van der Waals surface area contributed by atoms with Crippen molar-refractivity contribution in [2.24, 2.45) is 0 Å². The Bertz CT molecular complexity index is 645. The molecule has 2 atom stereocenters. The largest absolute Gasteiger partial charge is 0.508 e. The molecule has 3 heteroatoms. The molecule has 2 aromatic rings. The van der Waals surface area contributed by atoms with E-state index in [1.165, 1.54) is 30.0 Å². The summed E-state index contributed by atoms with van der Waals surface area (Å²) in [6.07, 6.45) is 4.33. The fourth-order valence-electron chi connectivity index (χ4n) is 3.47. The maximum Gasteiger partial charge on any atom is 0.122 e. The van der Waals surface area contributed by atoms with Gasteiger partial charge in [0.15, 0.2) is 0 Å². The Balaban J connectivity index is 1.82. The highest BCUT2D eigenvalue weighted by molar-refractivity contribution is 5.40. The normalized spacial score (nSPS) is 18.9. The average molecular weight is 311 g/mol. The third kappa shape index (κ3) is 4.05. The van der Waals surface area contributed by atoms with Gasteiger partial charge in [-0.05, 0) is 62.3 Å². The highest BCUT2D eigenvalue weighted by atomic mass is 16.3. The van der Waals surface area contributed by atoms with Crippen LogP contribution in [0.3, 0.4) is 0 Å². The van der Waals surface area contributed by atoms with Crippen molar-refractivity contribution in [2.75, 3.05) is 6.54 Å². The highest BCUT2D eigenvalue weighted by Crippen LogP contribution is 2.32. The molecule has 3 nitrogen and oxygen atoms in total. The fourth-order valence-corrected chi connectivity index (χ4v) is 3.47. The Hall–Kier alpha value is -2.00. The zero-order valence-corrected chi connectivity index (χ0v) is 13.6. The third-order valence-electron chi connectivity index (χ3n) is 4.82. The molecular weight excluding hydrogens is 286 g/mol. The van der Waals surface area contributed by atoms with Gasteiger partial charge in [0.1, 0.15) is 11.5 Å². The lowest BCUT2D eigenvalue weighted by Gasteiger charge is -2.22. The van der Waals surface area contributed by atoms with Crippen molar-refractivity contribution in [1.29, 1.82) is 0 Å². The van der Waals surface area contributed by atoms with E-state index in [1.54, 1.807) is 6.07 Å². The molecule has 1 aliphatic heterocycles. The molecule has 2 unspecified atom stereocenters. The number of phenols is 2. The van der Waals surface area contributed by atoms with Gasteiger partial charge in [0, 0.05) is 12.1 Å². The summed E-state index contributed by atoms with van der Waals surface area (Å²) in [4.78, 5) is 0. The number of aromatic hydroxyl groups is 2. The van der Waals surface area contributed by atoms with Gasteiger partial charge in [-0.2, -0.15) is 0 Å². The molecule has 1 saturated heterocycles. The van der Waals surface area contributed by atoms with Crippen LogP contribution < -0.4 is 5.32 Å². The predicted molar refractivity (Wildman–Crippen MR) is 93.0 cm³/mol. The highest BCUT2D eigenvalue weighted by Gasteiger charge is 2.22. The minimum atomic E-state index is 0.107. The molecule has 0 aromatic heterocycles. The van der Waals surface area contributed by atoms with Gasteiger partial charge in [-0.25, -0.2) is 0 Å². The summed E-state index contributed by atoms with van der Waals surface area (Å²) >= 11 is 0. The van der Waals surface area contributed by atoms with Gasteiger partial charge in [0.25, 0.3) is 0 Å². The van der Waals surface area contributed by atoms with Crippen LogP contribution in [0, 0.1) is 6.92 Å². The standard InChI is InChI=1S/C20H25NO2/c1-14-4-6-15(7-5-14)17(12-18-3-2-10-21-18)11-16-8-9-19(22)13-20(16)23/h4-9,13,17-18,21-23H,2-3,10-12H2,1H3. The van der Waals surface area contributed by atoms with Gasteiger partial charge in [0.2, 0.25) is 0 Å². The van der Waals surface area contributed by atoms with Crippen molar-refractivity contribution in [1.82, 2.24) is 5.32 Å². The van der Waals surface area contributed by atoms with Crippen LogP contribution in [0.2, 0.25) is 0 Å². The van der Waals surface area contributed by atoms with Crippen LogP contribution in [0.4, 0.5) is 0 Å². The zero-order valence-electron chi connectivity index (χ0n) is 13.6. The molecule has 1 aliphatic rings. The van der Waals surface area contributed by atoms with Gasteiger partial charge in [-0.15, -0.1) is 0 Å². The minimum Gasteiger partial charge on any atom is -0.508 e. The smallest absolute Gasteiger partial charge is 0.122 e. The summed E-state index contributed by atoms with van der Waals surface area (Å²) in [5.74, 6) is 0.652. The van der Waals surface area contributed by atoms with Crippen LogP contribution in [0.1, 0.15) is 41.9 Å². The Morgan fingerprint density at radius 1 is 1.13 bits per heavy atom. The number of nitrogens with one attached hydrogen (secondary N) is 1. The molecule has 0 saturated carbocycles. The summed E-state index contributed by atoms with van der Waals surface area (Å²) < 4.78 is 0. The summed E-state index contributed by atoms with van der Waals surface area (Å²) in [6.45, 7) is 3.21. The summed E-state index contributed by atoms with van der Waals surface area (Å²) in [7, 11) is 0. The molecule has 0 radical (unpaired) electrons. The molecule has 3 N–H and O–H groups in total. The van der Waals surface area contributed by atoms with E-state index in [4.69, 9.17) is 0 Å². The van der Waals surface area contributed by atoms with E-state index in [0.29, 0.717) is 12.0 Å². The summed E-state index contributed by atoms with van der Waals surface area (Å²) in [6, 6.07) is 14.2. The van der Waals surface area contributed by atoms with Crippen molar-refractivity contribution in [3.63, 3.8) is 0 Å². The second-order valence-electron chi connectivity index (χ2n) is 6.65. The number of benzene rings is 2. The number of rotatable bonds is 5. The van der Waals surface area contributed by atoms with E-state index < -0.39 is 0 Å². The van der Waals surface area contributed by atoms with E-state index in [1.807, 2.05) is 6.07 Å². The number of hydrogen-bond acceptors (Lipinski definition) is 3. The number of aryl methyl sites for hydroxylation is 1. The van der Waals surface area contributed by atoms with Crippen LogP contribution in [0.25, 0.3) is 0 Å². The summed E-state index contributed by atoms with van der Waals surface area (Å²) in [5.41, 5.74) is 3.47. The minimum absolute atomic E-state index is 0.107. The van der Waals surface area contributed by atoms with Gasteiger partial charge in [-0.1, -0.05) is 35.9 Å². The summed E-state index contributed by atoms with van der Waals surface area (Å²) in [5, 5.41) is 23.2. The van der Waals surface area contributed by atoms with Crippen molar-refractivity contribution in [2.45, 2.75) is 44.6 Å². The van der Waals surface area contributed by atoms with Crippen LogP contribution in [-0.2, 0) is 6.42 Å². The van der Waals surface area contributed by atoms with Crippen LogP contribution >= 0.6 is 0 Å². The second-order valence-corrected chi connectivity index (χ2v) is 6.65.